The normalized spacial score (nSPS) is 26.7. The van der Waals surface area contributed by atoms with Gasteiger partial charge in [-0.1, -0.05) is 11.6 Å². The van der Waals surface area contributed by atoms with Gasteiger partial charge in [0.25, 0.3) is 0 Å². The second-order valence-electron chi connectivity index (χ2n) is 6.89. The second-order valence-corrected chi connectivity index (χ2v) is 7.33. The minimum Gasteiger partial charge on any atom is -0.481 e. The molecule has 2 fully saturated rings. The van der Waals surface area contributed by atoms with Gasteiger partial charge in [-0.15, -0.1) is 0 Å². The maximum atomic E-state index is 12.4. The molecule has 1 aromatic carbocycles. The van der Waals surface area contributed by atoms with Gasteiger partial charge < -0.3 is 20.2 Å². The average molecular weight is 352 g/mol. The van der Waals surface area contributed by atoms with Gasteiger partial charge in [-0.05, 0) is 44.0 Å². The molecule has 2 heterocycles. The number of carboxylic acid groups (broad SMARTS) is 1. The Morgan fingerprint density at radius 3 is 2.62 bits per heavy atom. The zero-order valence-corrected chi connectivity index (χ0v) is 14.4. The van der Waals surface area contributed by atoms with Crippen LogP contribution in [0.25, 0.3) is 0 Å². The van der Waals surface area contributed by atoms with Crippen molar-refractivity contribution < 1.29 is 14.7 Å². The van der Waals surface area contributed by atoms with Crippen LogP contribution in [-0.2, 0) is 4.79 Å². The number of carbonyl (C=O) groups excluding carboxylic acids is 1. The number of rotatable bonds is 3. The number of nitrogens with zero attached hydrogens (tertiary/aromatic N) is 2. The number of carboxylic acids is 1. The number of hydrogen-bond acceptors (Lipinski definition) is 3. The Bertz CT molecular complexity index is 636. The summed E-state index contributed by atoms with van der Waals surface area (Å²) in [6, 6.07) is 7.59. The highest BCUT2D eigenvalue weighted by atomic mass is 35.5. The molecule has 1 aromatic rings. The van der Waals surface area contributed by atoms with E-state index in [9.17, 15) is 14.7 Å². The number of nitrogens with one attached hydrogen (secondary N) is 1. The Labute approximate surface area is 146 Å². The molecule has 24 heavy (non-hydrogen) atoms. The molecule has 0 bridgehead atoms. The Morgan fingerprint density at radius 1 is 1.29 bits per heavy atom. The van der Waals surface area contributed by atoms with Crippen LogP contribution in [0, 0.1) is 5.41 Å². The summed E-state index contributed by atoms with van der Waals surface area (Å²) in [5.41, 5.74) is 0.262. The molecule has 0 spiro atoms. The molecule has 0 radical (unpaired) electrons. The molecule has 0 aromatic heterocycles. The van der Waals surface area contributed by atoms with Crippen molar-refractivity contribution in [1.29, 1.82) is 0 Å². The molecule has 2 aliphatic rings. The van der Waals surface area contributed by atoms with Gasteiger partial charge in [0.1, 0.15) is 0 Å². The molecule has 0 aliphatic carbocycles. The lowest BCUT2D eigenvalue weighted by atomic mass is 9.90. The number of urea groups is 1. The van der Waals surface area contributed by atoms with Gasteiger partial charge in [0.05, 0.1) is 5.41 Å². The fourth-order valence-electron chi connectivity index (χ4n) is 3.34. The predicted molar refractivity (Wildman–Crippen MR) is 92.5 cm³/mol. The van der Waals surface area contributed by atoms with Crippen molar-refractivity contribution in [1.82, 2.24) is 10.2 Å². The van der Waals surface area contributed by atoms with Gasteiger partial charge in [0.2, 0.25) is 0 Å². The molecule has 2 atom stereocenters. The van der Waals surface area contributed by atoms with E-state index >= 15 is 0 Å². The average Bonchev–Trinajstić information content (AvgIpc) is 3.16. The van der Waals surface area contributed by atoms with Crippen LogP contribution in [0.4, 0.5) is 10.5 Å². The van der Waals surface area contributed by atoms with E-state index in [-0.39, 0.29) is 18.6 Å². The quantitative estimate of drug-likeness (QED) is 0.877. The summed E-state index contributed by atoms with van der Waals surface area (Å²) in [6.07, 6.45) is 1.37. The first-order chi connectivity index (χ1) is 11.4. The molecule has 7 heteroatoms. The molecule has 130 valence electrons. The Hall–Kier alpha value is -1.95. The largest absolute Gasteiger partial charge is 0.481 e. The number of anilines is 1. The lowest BCUT2D eigenvalue weighted by Gasteiger charge is -2.23. The summed E-state index contributed by atoms with van der Waals surface area (Å²) in [6.45, 7) is 4.07. The highest BCUT2D eigenvalue weighted by Crippen LogP contribution is 2.30. The molecule has 6 nitrogen and oxygen atoms in total. The van der Waals surface area contributed by atoms with Crippen LogP contribution in [0.2, 0.25) is 5.02 Å². The van der Waals surface area contributed by atoms with Gasteiger partial charge in [0, 0.05) is 42.9 Å². The number of hydrogen-bond donors (Lipinski definition) is 2. The highest BCUT2D eigenvalue weighted by Gasteiger charge is 2.42. The summed E-state index contributed by atoms with van der Waals surface area (Å²) in [5, 5.41) is 13.0. The van der Waals surface area contributed by atoms with Crippen molar-refractivity contribution in [2.75, 3.05) is 31.1 Å². The molecule has 3 rings (SSSR count). The summed E-state index contributed by atoms with van der Waals surface area (Å²) in [7, 11) is 0. The van der Waals surface area contributed by atoms with E-state index < -0.39 is 11.4 Å². The maximum absolute atomic E-state index is 12.4. The van der Waals surface area contributed by atoms with Crippen LogP contribution in [0.5, 0.6) is 0 Å². The number of likely N-dealkylation sites (tertiary alicyclic amines) is 1. The fraction of sp³-hybridized carbons (Fsp3) is 0.529. The predicted octanol–water partition coefficient (Wildman–Crippen LogP) is 2.42. The van der Waals surface area contributed by atoms with Crippen molar-refractivity contribution >= 4 is 29.3 Å². The molecular formula is C17H22ClN3O3. The molecule has 2 N–H and O–H groups in total. The van der Waals surface area contributed by atoms with Gasteiger partial charge >= 0.3 is 12.0 Å². The monoisotopic (exact) mass is 351 g/mol. The first kappa shape index (κ1) is 16.9. The second kappa shape index (κ2) is 6.51. The number of aliphatic carboxylic acids is 1. The summed E-state index contributed by atoms with van der Waals surface area (Å²) >= 11 is 5.91. The minimum atomic E-state index is -0.840. The molecule has 0 saturated carbocycles. The SMILES string of the molecule is CC1(C(=O)O)CCN(C(=O)NC2CCN(c3ccc(Cl)cc3)C2)C1. The van der Waals surface area contributed by atoms with Crippen molar-refractivity contribution in [3.63, 3.8) is 0 Å². The van der Waals surface area contributed by atoms with Gasteiger partial charge in [0.15, 0.2) is 0 Å². The third-order valence-corrected chi connectivity index (χ3v) is 5.24. The van der Waals surface area contributed by atoms with Gasteiger partial charge in [-0.25, -0.2) is 4.79 Å². The van der Waals surface area contributed by atoms with Crippen molar-refractivity contribution in [3.8, 4) is 0 Å². The molecule has 2 saturated heterocycles. The third-order valence-electron chi connectivity index (χ3n) is 4.98. The summed E-state index contributed by atoms with van der Waals surface area (Å²) in [4.78, 5) is 27.5. The third kappa shape index (κ3) is 3.43. The van der Waals surface area contributed by atoms with Crippen LogP contribution < -0.4 is 10.2 Å². The lowest BCUT2D eigenvalue weighted by molar-refractivity contribution is -0.146. The number of halogens is 1. The smallest absolute Gasteiger partial charge is 0.317 e. The first-order valence-corrected chi connectivity index (χ1v) is 8.54. The molecular weight excluding hydrogens is 330 g/mol. The zero-order valence-electron chi connectivity index (χ0n) is 13.7. The van der Waals surface area contributed by atoms with Gasteiger partial charge in [-0.3, -0.25) is 4.79 Å². The van der Waals surface area contributed by atoms with Crippen LogP contribution in [0.1, 0.15) is 19.8 Å². The van der Waals surface area contributed by atoms with Crippen molar-refractivity contribution in [2.45, 2.75) is 25.8 Å². The zero-order chi connectivity index (χ0) is 17.3. The fourth-order valence-corrected chi connectivity index (χ4v) is 3.47. The maximum Gasteiger partial charge on any atom is 0.317 e. The summed E-state index contributed by atoms with van der Waals surface area (Å²) < 4.78 is 0. The van der Waals surface area contributed by atoms with Crippen molar-refractivity contribution in [3.05, 3.63) is 29.3 Å². The van der Waals surface area contributed by atoms with Gasteiger partial charge in [-0.2, -0.15) is 0 Å². The molecule has 2 aliphatic heterocycles. The van der Waals surface area contributed by atoms with E-state index in [2.05, 4.69) is 10.2 Å². The van der Waals surface area contributed by atoms with Crippen LogP contribution in [0.15, 0.2) is 24.3 Å². The molecule has 2 unspecified atom stereocenters. The minimum absolute atomic E-state index is 0.0739. The van der Waals surface area contributed by atoms with Crippen LogP contribution >= 0.6 is 11.6 Å². The standard InChI is InChI=1S/C17H22ClN3O3/c1-17(15(22)23)7-9-21(11-17)16(24)19-13-6-8-20(10-13)14-4-2-12(18)3-5-14/h2-5,13H,6-11H2,1H3,(H,19,24)(H,22,23). The Morgan fingerprint density at radius 2 is 2.00 bits per heavy atom. The number of amides is 2. The van der Waals surface area contributed by atoms with E-state index in [1.165, 1.54) is 0 Å². The number of carbonyl (C=O) groups is 2. The topological polar surface area (TPSA) is 72.9 Å². The van der Waals surface area contributed by atoms with E-state index in [4.69, 9.17) is 11.6 Å². The van der Waals surface area contributed by atoms with E-state index in [0.717, 1.165) is 25.2 Å². The van der Waals surface area contributed by atoms with E-state index in [1.807, 2.05) is 24.3 Å². The molecule has 2 amide bonds. The Kier molecular flexibility index (Phi) is 4.58. The Balaban J connectivity index is 1.53. The lowest BCUT2D eigenvalue weighted by Crippen LogP contribution is -2.46. The van der Waals surface area contributed by atoms with Crippen LogP contribution in [-0.4, -0.2) is 54.2 Å². The highest BCUT2D eigenvalue weighted by molar-refractivity contribution is 6.30. The van der Waals surface area contributed by atoms with E-state index in [1.54, 1.807) is 11.8 Å². The summed E-state index contributed by atoms with van der Waals surface area (Å²) in [5.74, 6) is -0.840. The van der Waals surface area contributed by atoms with E-state index in [0.29, 0.717) is 18.0 Å². The number of benzene rings is 1. The van der Waals surface area contributed by atoms with Crippen molar-refractivity contribution in [2.24, 2.45) is 5.41 Å². The first-order valence-electron chi connectivity index (χ1n) is 8.17. The van der Waals surface area contributed by atoms with Crippen LogP contribution in [0.3, 0.4) is 0 Å².